The molecule has 4 heteroatoms. The second-order valence-corrected chi connectivity index (χ2v) is 2.88. The number of nitrogens with one attached hydrogen (secondary N) is 1. The van der Waals surface area contributed by atoms with E-state index in [4.69, 9.17) is 4.74 Å². The van der Waals surface area contributed by atoms with Gasteiger partial charge in [-0.25, -0.2) is 0 Å². The number of phenolic OH excluding ortho intramolecular Hbond substituents is 1. The Bertz CT molecular complexity index is 265. The Labute approximate surface area is 79.7 Å². The van der Waals surface area contributed by atoms with Gasteiger partial charge in [-0.3, -0.25) is 4.34 Å². The molecule has 0 heterocycles. The highest BCUT2D eigenvalue weighted by molar-refractivity contribution is 9.08. The van der Waals surface area contributed by atoms with E-state index < -0.39 is 0 Å². The highest BCUT2D eigenvalue weighted by Crippen LogP contribution is 2.25. The average molecular weight is 232 g/mol. The molecule has 0 aliphatic carbocycles. The van der Waals surface area contributed by atoms with Gasteiger partial charge in [0, 0.05) is 22.7 Å². The van der Waals surface area contributed by atoms with E-state index in [0.717, 1.165) is 5.56 Å². The third kappa shape index (κ3) is 2.12. The first-order valence-corrected chi connectivity index (χ1v) is 4.26. The summed E-state index contributed by atoms with van der Waals surface area (Å²) < 4.78 is 7.71. The minimum absolute atomic E-state index is 0.165. The van der Waals surface area contributed by atoms with E-state index in [2.05, 4.69) is 20.5 Å². The topological polar surface area (TPSA) is 41.5 Å². The van der Waals surface area contributed by atoms with E-state index in [1.165, 1.54) is 7.11 Å². The second kappa shape index (κ2) is 4.33. The Morgan fingerprint density at radius 1 is 1.58 bits per heavy atom. The molecule has 1 aromatic rings. The maximum Gasteiger partial charge on any atom is 0.160 e. The number of hydrogen-bond donors (Lipinski definition) is 2. The quantitative estimate of drug-likeness (QED) is 0.780. The predicted molar refractivity (Wildman–Crippen MR) is 50.4 cm³/mol. The summed E-state index contributed by atoms with van der Waals surface area (Å²) in [6, 6.07) is 5.27. The fourth-order valence-corrected chi connectivity index (χ4v) is 1.25. The van der Waals surface area contributed by atoms with Crippen LogP contribution in [0.3, 0.4) is 0 Å². The summed E-state index contributed by atoms with van der Waals surface area (Å²) in [5.41, 5.74) is 0.991. The number of aromatic hydroxyl groups is 1. The van der Waals surface area contributed by atoms with Gasteiger partial charge in [-0.2, -0.15) is 0 Å². The number of ether oxygens (including phenoxy) is 1. The van der Waals surface area contributed by atoms with Gasteiger partial charge in [-0.05, 0) is 17.7 Å². The Balaban J connectivity index is 2.86. The fraction of sp³-hybridized carbons (Fsp3) is 0.250. The Morgan fingerprint density at radius 2 is 2.33 bits per heavy atom. The standard InChI is InChI=1S/C8H10BrNO2/c1-12-8-3-2-6(5-10-9)4-7(8)11/h2-4,10-11H,5H2,1H3. The van der Waals surface area contributed by atoms with E-state index in [1.807, 2.05) is 6.07 Å². The van der Waals surface area contributed by atoms with Crippen LogP contribution in [0.25, 0.3) is 0 Å². The van der Waals surface area contributed by atoms with E-state index in [0.29, 0.717) is 12.3 Å². The van der Waals surface area contributed by atoms with Crippen molar-refractivity contribution in [1.29, 1.82) is 0 Å². The van der Waals surface area contributed by atoms with Crippen molar-refractivity contribution >= 4 is 16.1 Å². The van der Waals surface area contributed by atoms with E-state index in [9.17, 15) is 5.11 Å². The molecule has 0 atom stereocenters. The molecule has 0 spiro atoms. The Hall–Kier alpha value is -0.740. The molecule has 0 radical (unpaired) electrons. The summed E-state index contributed by atoms with van der Waals surface area (Å²) in [6.45, 7) is 0.664. The molecule has 2 N–H and O–H groups in total. The van der Waals surface area contributed by atoms with Crippen LogP contribution in [-0.2, 0) is 6.54 Å². The molecule has 0 bridgehead atoms. The number of hydrogen-bond acceptors (Lipinski definition) is 3. The Kier molecular flexibility index (Phi) is 3.37. The van der Waals surface area contributed by atoms with Crippen LogP contribution >= 0.6 is 16.1 Å². The van der Waals surface area contributed by atoms with Crippen LogP contribution in [0.4, 0.5) is 0 Å². The highest BCUT2D eigenvalue weighted by Gasteiger charge is 2.00. The first-order chi connectivity index (χ1) is 5.77. The van der Waals surface area contributed by atoms with E-state index >= 15 is 0 Å². The van der Waals surface area contributed by atoms with Gasteiger partial charge in [0.2, 0.25) is 0 Å². The summed E-state index contributed by atoms with van der Waals surface area (Å²) in [5.74, 6) is 0.658. The van der Waals surface area contributed by atoms with Crippen molar-refractivity contribution in [1.82, 2.24) is 4.34 Å². The monoisotopic (exact) mass is 231 g/mol. The van der Waals surface area contributed by atoms with Crippen LogP contribution in [0, 0.1) is 0 Å². The van der Waals surface area contributed by atoms with Crippen LogP contribution in [-0.4, -0.2) is 12.2 Å². The maximum absolute atomic E-state index is 9.35. The van der Waals surface area contributed by atoms with Gasteiger partial charge in [0.25, 0.3) is 0 Å². The molecular formula is C8H10BrNO2. The first-order valence-electron chi connectivity index (χ1n) is 3.47. The van der Waals surface area contributed by atoms with Crippen molar-refractivity contribution in [2.75, 3.05) is 7.11 Å². The zero-order valence-electron chi connectivity index (χ0n) is 6.67. The number of halogens is 1. The molecule has 0 aromatic heterocycles. The van der Waals surface area contributed by atoms with Crippen LogP contribution in [0.1, 0.15) is 5.56 Å². The van der Waals surface area contributed by atoms with Gasteiger partial charge >= 0.3 is 0 Å². The van der Waals surface area contributed by atoms with E-state index in [-0.39, 0.29) is 5.75 Å². The van der Waals surface area contributed by atoms with Gasteiger partial charge in [0.15, 0.2) is 11.5 Å². The molecule has 1 aromatic carbocycles. The van der Waals surface area contributed by atoms with Gasteiger partial charge in [-0.1, -0.05) is 6.07 Å². The molecule has 0 aliphatic heterocycles. The largest absolute Gasteiger partial charge is 0.504 e. The summed E-state index contributed by atoms with van der Waals surface area (Å²) in [7, 11) is 1.53. The molecular weight excluding hydrogens is 222 g/mol. The zero-order valence-corrected chi connectivity index (χ0v) is 8.26. The minimum Gasteiger partial charge on any atom is -0.504 e. The van der Waals surface area contributed by atoms with Crippen LogP contribution in [0.5, 0.6) is 11.5 Å². The summed E-state index contributed by atoms with van der Waals surface area (Å²) >= 11 is 3.08. The third-order valence-electron chi connectivity index (χ3n) is 1.51. The molecule has 0 saturated heterocycles. The Morgan fingerprint density at radius 3 is 2.83 bits per heavy atom. The number of benzene rings is 1. The summed E-state index contributed by atoms with van der Waals surface area (Å²) in [5, 5.41) is 9.35. The van der Waals surface area contributed by atoms with Crippen LogP contribution in [0.15, 0.2) is 18.2 Å². The molecule has 0 saturated carbocycles. The molecule has 3 nitrogen and oxygen atoms in total. The van der Waals surface area contributed by atoms with Gasteiger partial charge in [-0.15, -0.1) is 0 Å². The number of rotatable bonds is 3. The molecule has 0 fully saturated rings. The summed E-state index contributed by atoms with van der Waals surface area (Å²) in [6.07, 6.45) is 0. The van der Waals surface area contributed by atoms with Crippen molar-refractivity contribution in [3.8, 4) is 11.5 Å². The second-order valence-electron chi connectivity index (χ2n) is 2.32. The van der Waals surface area contributed by atoms with E-state index in [1.54, 1.807) is 12.1 Å². The lowest BCUT2D eigenvalue weighted by atomic mass is 10.2. The first kappa shape index (κ1) is 9.35. The third-order valence-corrected chi connectivity index (χ3v) is 1.79. The number of methoxy groups -OCH3 is 1. The molecule has 1 rings (SSSR count). The van der Waals surface area contributed by atoms with Gasteiger partial charge in [0.1, 0.15) is 0 Å². The lowest BCUT2D eigenvalue weighted by molar-refractivity contribution is 0.373. The lowest BCUT2D eigenvalue weighted by Crippen LogP contribution is -1.97. The predicted octanol–water partition coefficient (Wildman–Crippen LogP) is 1.80. The van der Waals surface area contributed by atoms with Crippen molar-refractivity contribution < 1.29 is 9.84 Å². The summed E-state index contributed by atoms with van der Waals surface area (Å²) in [4.78, 5) is 0. The van der Waals surface area contributed by atoms with Crippen molar-refractivity contribution in [2.24, 2.45) is 0 Å². The molecule has 0 unspecified atom stereocenters. The smallest absolute Gasteiger partial charge is 0.160 e. The van der Waals surface area contributed by atoms with Crippen molar-refractivity contribution in [3.63, 3.8) is 0 Å². The normalized spacial score (nSPS) is 9.83. The zero-order chi connectivity index (χ0) is 8.97. The minimum atomic E-state index is 0.165. The van der Waals surface area contributed by atoms with Crippen molar-refractivity contribution in [3.05, 3.63) is 23.8 Å². The van der Waals surface area contributed by atoms with Gasteiger partial charge in [0.05, 0.1) is 7.11 Å². The average Bonchev–Trinajstić information content (AvgIpc) is 2.05. The highest BCUT2D eigenvalue weighted by atomic mass is 79.9. The number of phenols is 1. The fourth-order valence-electron chi connectivity index (χ4n) is 0.923. The van der Waals surface area contributed by atoms with Crippen LogP contribution in [0.2, 0.25) is 0 Å². The SMILES string of the molecule is COc1ccc(CNBr)cc1O. The van der Waals surface area contributed by atoms with Gasteiger partial charge < -0.3 is 9.84 Å². The van der Waals surface area contributed by atoms with Crippen LogP contribution < -0.4 is 9.08 Å². The van der Waals surface area contributed by atoms with Crippen molar-refractivity contribution in [2.45, 2.75) is 6.54 Å². The molecule has 0 aliphatic rings. The molecule has 0 amide bonds. The lowest BCUT2D eigenvalue weighted by Gasteiger charge is -2.04. The molecule has 12 heavy (non-hydrogen) atoms. The maximum atomic E-state index is 9.35. The molecule has 66 valence electrons.